The third kappa shape index (κ3) is 4.41. The van der Waals surface area contributed by atoms with Crippen LogP contribution in [0.4, 0.5) is 5.69 Å². The average molecular weight is 445 g/mol. The lowest BCUT2D eigenvalue weighted by molar-refractivity contribution is -0.137. The number of fused-ring (bicyclic) bond motifs is 1. The third-order valence-corrected chi connectivity index (χ3v) is 8.77. The molecule has 1 aromatic heterocycles. The van der Waals surface area contributed by atoms with E-state index in [4.69, 9.17) is 0 Å². The predicted octanol–water partition coefficient (Wildman–Crippen LogP) is 2.64. The van der Waals surface area contributed by atoms with E-state index in [1.807, 2.05) is 23.2 Å². The second-order valence-electron chi connectivity index (χ2n) is 8.95. The Morgan fingerprint density at radius 1 is 1.10 bits per heavy atom. The first-order chi connectivity index (χ1) is 14.8. The van der Waals surface area contributed by atoms with Gasteiger partial charge in [0.2, 0.25) is 15.9 Å². The molecule has 2 aromatic rings. The number of nitrogens with zero attached hydrogens (tertiary/aromatic N) is 4. The van der Waals surface area contributed by atoms with E-state index < -0.39 is 15.3 Å². The van der Waals surface area contributed by atoms with Crippen LogP contribution in [0.1, 0.15) is 32.3 Å². The number of aromatic nitrogens is 1. The van der Waals surface area contributed by atoms with E-state index in [-0.39, 0.29) is 11.8 Å². The van der Waals surface area contributed by atoms with Crippen molar-refractivity contribution in [3.8, 4) is 0 Å². The summed E-state index contributed by atoms with van der Waals surface area (Å²) in [6, 6.07) is 8.33. The van der Waals surface area contributed by atoms with Crippen molar-refractivity contribution in [1.29, 1.82) is 0 Å². The number of piperidine rings is 1. The molecule has 2 aliphatic heterocycles. The molecule has 0 aliphatic carbocycles. The molecule has 2 aliphatic rings. The maximum atomic E-state index is 13.3. The van der Waals surface area contributed by atoms with Gasteiger partial charge in [0.1, 0.15) is 0 Å². The van der Waals surface area contributed by atoms with Gasteiger partial charge < -0.3 is 9.80 Å². The normalized spacial score (nSPS) is 21.1. The third-order valence-electron chi connectivity index (χ3n) is 6.49. The van der Waals surface area contributed by atoms with E-state index in [1.54, 1.807) is 13.8 Å². The van der Waals surface area contributed by atoms with Crippen molar-refractivity contribution in [3.05, 3.63) is 36.0 Å². The number of rotatable bonds is 4. The first-order valence-corrected chi connectivity index (χ1v) is 12.7. The maximum absolute atomic E-state index is 13.3. The zero-order chi connectivity index (χ0) is 22.2. The summed E-state index contributed by atoms with van der Waals surface area (Å²) in [5, 5.41) is 0.698. The quantitative estimate of drug-likeness (QED) is 0.725. The van der Waals surface area contributed by atoms with Crippen LogP contribution in [0, 0.1) is 12.8 Å². The van der Waals surface area contributed by atoms with Crippen molar-refractivity contribution in [3.63, 3.8) is 0 Å². The topological polar surface area (TPSA) is 73.8 Å². The lowest BCUT2D eigenvalue weighted by atomic mass is 9.95. The van der Waals surface area contributed by atoms with Crippen LogP contribution in [0.3, 0.4) is 0 Å². The minimum absolute atomic E-state index is 0.0602. The van der Waals surface area contributed by atoms with Gasteiger partial charge in [0.05, 0.1) is 16.7 Å². The Morgan fingerprint density at radius 2 is 1.84 bits per heavy atom. The van der Waals surface area contributed by atoms with Gasteiger partial charge in [-0.3, -0.25) is 9.78 Å². The fourth-order valence-electron chi connectivity index (χ4n) is 4.64. The highest BCUT2D eigenvalue weighted by Gasteiger charge is 2.34. The summed E-state index contributed by atoms with van der Waals surface area (Å²) in [5.41, 5.74) is 3.30. The van der Waals surface area contributed by atoms with Crippen LogP contribution in [0.25, 0.3) is 10.9 Å². The molecule has 0 saturated carbocycles. The van der Waals surface area contributed by atoms with Crippen LogP contribution in [0.5, 0.6) is 0 Å². The molecule has 1 aromatic carbocycles. The number of carbonyl (C=O) groups excluding carboxylic acids is 1. The van der Waals surface area contributed by atoms with Crippen molar-refractivity contribution < 1.29 is 13.2 Å². The molecule has 2 fully saturated rings. The van der Waals surface area contributed by atoms with E-state index in [1.165, 1.54) is 9.87 Å². The Balaban J connectivity index is 1.45. The molecule has 2 saturated heterocycles. The first kappa shape index (κ1) is 22.0. The summed E-state index contributed by atoms with van der Waals surface area (Å²) in [6.07, 6.45) is 3.68. The van der Waals surface area contributed by atoms with Gasteiger partial charge in [-0.05, 0) is 51.8 Å². The molecule has 31 heavy (non-hydrogen) atoms. The van der Waals surface area contributed by atoms with Gasteiger partial charge in [0, 0.05) is 56.5 Å². The van der Waals surface area contributed by atoms with Crippen LogP contribution in [0.2, 0.25) is 0 Å². The number of carbonyl (C=O) groups is 1. The van der Waals surface area contributed by atoms with Gasteiger partial charge in [0.25, 0.3) is 0 Å². The number of hydrogen-bond acceptors (Lipinski definition) is 5. The Kier molecular flexibility index (Phi) is 6.21. The van der Waals surface area contributed by atoms with Crippen LogP contribution in [-0.4, -0.2) is 73.0 Å². The van der Waals surface area contributed by atoms with E-state index in [0.717, 1.165) is 36.0 Å². The SMILES string of the molecule is Cc1ccc2nccc(N3CCCC(C(=O)N4CCN(S(=O)(=O)C(C)C)CC4)C3)c2c1. The maximum Gasteiger partial charge on any atom is 0.227 e. The summed E-state index contributed by atoms with van der Waals surface area (Å²) in [4.78, 5) is 21.9. The van der Waals surface area contributed by atoms with Crippen molar-refractivity contribution >= 4 is 32.5 Å². The number of hydrogen-bond donors (Lipinski definition) is 0. The Labute approximate surface area is 185 Å². The van der Waals surface area contributed by atoms with Crippen molar-refractivity contribution in [1.82, 2.24) is 14.2 Å². The van der Waals surface area contributed by atoms with E-state index in [9.17, 15) is 13.2 Å². The summed E-state index contributed by atoms with van der Waals surface area (Å²) >= 11 is 0. The van der Waals surface area contributed by atoms with Gasteiger partial charge in [-0.2, -0.15) is 4.31 Å². The summed E-state index contributed by atoms with van der Waals surface area (Å²) in [6.45, 7) is 8.82. The Bertz CT molecular complexity index is 1060. The average Bonchev–Trinajstić information content (AvgIpc) is 2.78. The van der Waals surface area contributed by atoms with Crippen LogP contribution >= 0.6 is 0 Å². The molecule has 1 unspecified atom stereocenters. The van der Waals surface area contributed by atoms with Crippen LogP contribution < -0.4 is 4.90 Å². The van der Waals surface area contributed by atoms with Gasteiger partial charge in [-0.1, -0.05) is 11.6 Å². The number of pyridine rings is 1. The summed E-state index contributed by atoms with van der Waals surface area (Å²) < 4.78 is 26.3. The van der Waals surface area contributed by atoms with Crippen LogP contribution in [-0.2, 0) is 14.8 Å². The minimum Gasteiger partial charge on any atom is -0.370 e. The highest BCUT2D eigenvalue weighted by molar-refractivity contribution is 7.89. The first-order valence-electron chi connectivity index (χ1n) is 11.2. The van der Waals surface area contributed by atoms with E-state index in [2.05, 4.69) is 28.9 Å². The fourth-order valence-corrected chi connectivity index (χ4v) is 5.91. The monoisotopic (exact) mass is 444 g/mol. The lowest BCUT2D eigenvalue weighted by Gasteiger charge is -2.39. The Hall–Kier alpha value is -2.19. The fraction of sp³-hybridized carbons (Fsp3) is 0.565. The van der Waals surface area contributed by atoms with E-state index in [0.29, 0.717) is 32.7 Å². The molecule has 3 heterocycles. The predicted molar refractivity (Wildman–Crippen MR) is 124 cm³/mol. The van der Waals surface area contributed by atoms with Crippen LogP contribution in [0.15, 0.2) is 30.5 Å². The standard InChI is InChI=1S/C23H32N4O3S/c1-17(2)31(29,30)27-13-11-25(12-14-27)23(28)19-5-4-10-26(16-19)22-8-9-24-21-7-6-18(3)15-20(21)22/h6-9,15,17,19H,4-5,10-14,16H2,1-3H3. The number of sulfonamides is 1. The van der Waals surface area contributed by atoms with Gasteiger partial charge in [-0.15, -0.1) is 0 Å². The highest BCUT2D eigenvalue weighted by Crippen LogP contribution is 2.30. The molecular weight excluding hydrogens is 412 g/mol. The zero-order valence-corrected chi connectivity index (χ0v) is 19.4. The van der Waals surface area contributed by atoms with E-state index >= 15 is 0 Å². The number of aryl methyl sites for hydroxylation is 1. The largest absolute Gasteiger partial charge is 0.370 e. The highest BCUT2D eigenvalue weighted by atomic mass is 32.2. The minimum atomic E-state index is -3.26. The molecule has 4 rings (SSSR count). The summed E-state index contributed by atoms with van der Waals surface area (Å²) in [5.74, 6) is 0.0934. The Morgan fingerprint density at radius 3 is 2.55 bits per heavy atom. The second kappa shape index (κ2) is 8.74. The molecule has 0 bridgehead atoms. The molecule has 1 amide bonds. The van der Waals surface area contributed by atoms with Gasteiger partial charge in [-0.25, -0.2) is 8.42 Å². The number of benzene rings is 1. The van der Waals surface area contributed by atoms with Gasteiger partial charge in [0.15, 0.2) is 0 Å². The number of amides is 1. The second-order valence-corrected chi connectivity index (χ2v) is 11.4. The van der Waals surface area contributed by atoms with Crippen molar-refractivity contribution in [2.75, 3.05) is 44.2 Å². The van der Waals surface area contributed by atoms with Crippen molar-refractivity contribution in [2.24, 2.45) is 5.92 Å². The number of piperazine rings is 1. The molecule has 0 radical (unpaired) electrons. The summed E-state index contributed by atoms with van der Waals surface area (Å²) in [7, 11) is -3.26. The molecular formula is C23H32N4O3S. The smallest absolute Gasteiger partial charge is 0.227 e. The lowest BCUT2D eigenvalue weighted by Crippen LogP contribution is -2.54. The number of anilines is 1. The zero-order valence-electron chi connectivity index (χ0n) is 18.6. The molecule has 0 N–H and O–H groups in total. The molecule has 1 atom stereocenters. The molecule has 168 valence electrons. The van der Waals surface area contributed by atoms with Crippen molar-refractivity contribution in [2.45, 2.75) is 38.9 Å². The molecule has 7 nitrogen and oxygen atoms in total. The van der Waals surface area contributed by atoms with Gasteiger partial charge >= 0.3 is 0 Å². The molecule has 8 heteroatoms. The molecule has 0 spiro atoms.